The number of rotatable bonds is 21. The highest BCUT2D eigenvalue weighted by atomic mass is 33.1. The summed E-state index contributed by atoms with van der Waals surface area (Å²) in [5.41, 5.74) is 3.05. The molecule has 0 saturated carbocycles. The first kappa shape index (κ1) is 51.8. The summed E-state index contributed by atoms with van der Waals surface area (Å²) in [6, 6.07) is 8.67. The van der Waals surface area contributed by atoms with Gasteiger partial charge in [-0.3, -0.25) is 29.8 Å². The van der Waals surface area contributed by atoms with Crippen LogP contribution in [0.2, 0.25) is 18.1 Å². The molecular weight excluding hydrogens is 931 g/mol. The van der Waals surface area contributed by atoms with Gasteiger partial charge in [-0.1, -0.05) is 55.9 Å². The van der Waals surface area contributed by atoms with E-state index in [4.69, 9.17) is 28.1 Å². The average molecular weight is 992 g/mol. The van der Waals surface area contributed by atoms with Gasteiger partial charge in [0.1, 0.15) is 17.8 Å². The molecule has 1 N–H and O–H groups in total. The number of Topliss-reactive ketones (excluding diaryl/α,β-unsaturated/α-hetero) is 1. The summed E-state index contributed by atoms with van der Waals surface area (Å²) >= 11 is 0. The number of ketones is 1. The van der Waals surface area contributed by atoms with Crippen LogP contribution in [-0.2, 0) is 20.4 Å². The van der Waals surface area contributed by atoms with E-state index < -0.39 is 25.4 Å². The van der Waals surface area contributed by atoms with Crippen LogP contribution in [0.1, 0.15) is 79.2 Å². The van der Waals surface area contributed by atoms with Gasteiger partial charge in [-0.25, -0.2) is 9.78 Å². The number of aromatic nitrogens is 1. The third-order valence-corrected chi connectivity index (χ3v) is 19.2. The number of hydrogen-bond donors (Lipinski definition) is 1. The average Bonchev–Trinajstić information content (AvgIpc) is 3.86. The maximum absolute atomic E-state index is 14.5. The Morgan fingerprint density at radius 3 is 2.25 bits per heavy atom. The summed E-state index contributed by atoms with van der Waals surface area (Å²) in [6.45, 7) is 20.7. The van der Waals surface area contributed by atoms with Crippen molar-refractivity contribution >= 4 is 65.0 Å². The van der Waals surface area contributed by atoms with Crippen molar-refractivity contribution < 1.29 is 52.2 Å². The Hall–Kier alpha value is -5.57. The van der Waals surface area contributed by atoms with Crippen molar-refractivity contribution in [2.45, 2.75) is 94.5 Å². The van der Waals surface area contributed by atoms with E-state index in [0.29, 0.717) is 96.9 Å². The van der Waals surface area contributed by atoms with Crippen molar-refractivity contribution in [2.75, 3.05) is 64.8 Å². The molecule has 1 aromatic heterocycles. The van der Waals surface area contributed by atoms with Crippen LogP contribution in [0.4, 0.5) is 16.2 Å². The number of pyridine rings is 1. The quantitative estimate of drug-likeness (QED) is 0.0264. The summed E-state index contributed by atoms with van der Waals surface area (Å²) < 4.78 is 35.7. The minimum atomic E-state index is -2.14. The van der Waals surface area contributed by atoms with Crippen LogP contribution in [0.25, 0.3) is 0 Å². The molecule has 0 bridgehead atoms. The normalized spacial score (nSPS) is 17.1. The fourth-order valence-electron chi connectivity index (χ4n) is 7.72. The standard InChI is InChI=1S/C48H61N5O12S2Si/c1-30-19-34(29-65-68(8,9)48(3,4)5)51(27-30)46(56)36-24-41(61-7)43(25-37(36)50-47(57)64-17-18-66-67-44-14-13-33(26-49-44)53(58)59)63-16-12-10-11-15-62-42-22-32-21-39(54)38-20-31(2)28-52(38)45(55)35(32)23-40(42)60-6/h13-14,22-26,34,38H,1-2,10-12,15-21,27-29H2,3-9H3,(H,50,57)/t34-,38-/m0/s1. The third-order valence-electron chi connectivity index (χ3n) is 12.5. The fraction of sp³-hybridized carbons (Fsp3) is 0.479. The summed E-state index contributed by atoms with van der Waals surface area (Å²) in [5, 5.41) is 14.3. The molecule has 4 heterocycles. The predicted molar refractivity (Wildman–Crippen MR) is 264 cm³/mol. The van der Waals surface area contributed by atoms with Gasteiger partial charge in [-0.2, -0.15) is 0 Å². The topological polar surface area (TPSA) is 198 Å². The van der Waals surface area contributed by atoms with Crippen LogP contribution in [0.15, 0.2) is 71.9 Å². The van der Waals surface area contributed by atoms with Gasteiger partial charge >= 0.3 is 6.09 Å². The second kappa shape index (κ2) is 22.7. The summed E-state index contributed by atoms with van der Waals surface area (Å²) in [5.74, 6) is 1.28. The molecule has 2 aromatic carbocycles. The molecular formula is C48H61N5O12S2Si. The lowest BCUT2D eigenvalue weighted by atomic mass is 9.99. The molecule has 0 spiro atoms. The molecule has 2 saturated heterocycles. The van der Waals surface area contributed by atoms with E-state index in [1.54, 1.807) is 40.1 Å². The van der Waals surface area contributed by atoms with Crippen LogP contribution in [0.5, 0.6) is 23.0 Å². The molecule has 0 aliphatic carbocycles. The first-order valence-electron chi connectivity index (χ1n) is 22.4. The van der Waals surface area contributed by atoms with Crippen molar-refractivity contribution in [2.24, 2.45) is 0 Å². The van der Waals surface area contributed by atoms with Crippen LogP contribution >= 0.6 is 21.6 Å². The van der Waals surface area contributed by atoms with E-state index in [1.165, 1.54) is 48.1 Å². The lowest BCUT2D eigenvalue weighted by molar-refractivity contribution is -0.385. The van der Waals surface area contributed by atoms with Crippen LogP contribution < -0.4 is 24.3 Å². The largest absolute Gasteiger partial charge is 0.493 e. The zero-order chi connectivity index (χ0) is 49.3. The van der Waals surface area contributed by atoms with E-state index in [9.17, 15) is 29.3 Å². The lowest BCUT2D eigenvalue weighted by Crippen LogP contribution is -2.46. The maximum atomic E-state index is 14.5. The van der Waals surface area contributed by atoms with Gasteiger partial charge in [0, 0.05) is 43.0 Å². The molecule has 0 unspecified atom stereocenters. The van der Waals surface area contributed by atoms with E-state index in [2.05, 4.69) is 57.3 Å². The molecule has 2 fully saturated rings. The van der Waals surface area contributed by atoms with E-state index in [1.807, 2.05) is 0 Å². The first-order valence-corrected chi connectivity index (χ1v) is 27.7. The van der Waals surface area contributed by atoms with Crippen molar-refractivity contribution in [1.29, 1.82) is 0 Å². The van der Waals surface area contributed by atoms with Gasteiger partial charge in [0.2, 0.25) is 0 Å². The number of ether oxygens (including phenoxy) is 5. The van der Waals surface area contributed by atoms with Crippen LogP contribution in [0.3, 0.4) is 0 Å². The number of fused-ring (bicyclic) bond motifs is 2. The van der Waals surface area contributed by atoms with Gasteiger partial charge in [0.05, 0.1) is 62.3 Å². The molecule has 3 aliphatic heterocycles. The van der Waals surface area contributed by atoms with Crippen molar-refractivity contribution in [3.63, 3.8) is 0 Å². The highest BCUT2D eigenvalue weighted by Gasteiger charge is 2.42. The maximum Gasteiger partial charge on any atom is 0.411 e. The molecule has 3 aliphatic rings. The van der Waals surface area contributed by atoms with E-state index >= 15 is 0 Å². The van der Waals surface area contributed by atoms with Crippen molar-refractivity contribution in [3.8, 4) is 23.0 Å². The van der Waals surface area contributed by atoms with Gasteiger partial charge in [-0.05, 0) is 90.9 Å². The summed E-state index contributed by atoms with van der Waals surface area (Å²) in [7, 11) is 3.50. The number of unbranched alkanes of at least 4 members (excludes halogenated alkanes) is 2. The molecule has 2 atom stereocenters. The lowest BCUT2D eigenvalue weighted by Gasteiger charge is -2.38. The monoisotopic (exact) mass is 991 g/mol. The predicted octanol–water partition coefficient (Wildman–Crippen LogP) is 9.31. The van der Waals surface area contributed by atoms with Gasteiger partial charge in [-0.15, -0.1) is 0 Å². The number of likely N-dealkylation sites (tertiary alicyclic amines) is 1. The number of amides is 3. The van der Waals surface area contributed by atoms with E-state index in [0.717, 1.165) is 17.6 Å². The Kier molecular flexibility index (Phi) is 17.3. The molecule has 0 radical (unpaired) electrons. The molecule has 3 aromatic rings. The Labute approximate surface area is 406 Å². The first-order chi connectivity index (χ1) is 32.3. The van der Waals surface area contributed by atoms with Crippen molar-refractivity contribution in [1.82, 2.24) is 14.8 Å². The number of benzene rings is 2. The number of carbonyl (C=O) groups excluding carboxylic acids is 4. The number of anilines is 1. The van der Waals surface area contributed by atoms with E-state index in [-0.39, 0.29) is 65.3 Å². The molecule has 366 valence electrons. The number of nitro groups is 1. The highest BCUT2D eigenvalue weighted by molar-refractivity contribution is 8.76. The minimum Gasteiger partial charge on any atom is -0.493 e. The van der Waals surface area contributed by atoms with Crippen LogP contribution in [-0.4, -0.2) is 123 Å². The fourth-order valence-corrected chi connectivity index (χ4v) is 10.5. The molecule has 17 nitrogen and oxygen atoms in total. The Balaban J connectivity index is 1.09. The summed E-state index contributed by atoms with van der Waals surface area (Å²) in [4.78, 5) is 72.2. The molecule has 3 amide bonds. The highest BCUT2D eigenvalue weighted by Crippen LogP contribution is 2.40. The SMILES string of the molecule is C=C1C[C@@H](CO[Si](C)(C)C(C)(C)C)N(C(=O)c2cc(OC)c(OCCCCCOc3cc4c(cc3OC)C(=O)N3CC(=C)C[C@H]3C(=O)C4)cc2NC(=O)OCCSSc2ccc([N+](=O)[O-])cn2)C1. The summed E-state index contributed by atoms with van der Waals surface area (Å²) in [6.07, 6.45) is 3.58. The molecule has 68 heavy (non-hydrogen) atoms. The number of methoxy groups -OCH3 is 2. The number of carbonyl (C=O) groups is 4. The number of nitrogens with one attached hydrogen (secondary N) is 1. The molecule has 6 rings (SSSR count). The van der Waals surface area contributed by atoms with Gasteiger partial charge < -0.3 is 37.9 Å². The Morgan fingerprint density at radius 2 is 1.60 bits per heavy atom. The van der Waals surface area contributed by atoms with Crippen LogP contribution in [0, 0.1) is 10.1 Å². The van der Waals surface area contributed by atoms with Gasteiger partial charge in [0.15, 0.2) is 37.1 Å². The van der Waals surface area contributed by atoms with Crippen molar-refractivity contribution in [3.05, 3.63) is 93.7 Å². The number of nitrogens with zero attached hydrogens (tertiary/aromatic N) is 4. The second-order valence-corrected chi connectivity index (χ2v) is 25.6. The Morgan fingerprint density at radius 1 is 0.926 bits per heavy atom. The minimum absolute atomic E-state index is 0.0242. The second-order valence-electron chi connectivity index (χ2n) is 18.4. The molecule has 20 heteroatoms. The van der Waals surface area contributed by atoms with Gasteiger partial charge in [0.25, 0.3) is 17.5 Å². The number of hydrogen-bond acceptors (Lipinski definition) is 15. The Bertz CT molecular complexity index is 2410. The smallest absolute Gasteiger partial charge is 0.411 e. The zero-order valence-corrected chi connectivity index (χ0v) is 42.4. The zero-order valence-electron chi connectivity index (χ0n) is 39.8. The third kappa shape index (κ3) is 12.7.